The highest BCUT2D eigenvalue weighted by Crippen LogP contribution is 1.84. The van der Waals surface area contributed by atoms with Gasteiger partial charge in [0.05, 0.1) is 19.8 Å². The molecule has 0 aromatic carbocycles. The molecule has 84 valence electrons. The Bertz CT molecular complexity index is 151. The van der Waals surface area contributed by atoms with Gasteiger partial charge < -0.3 is 20.5 Å². The summed E-state index contributed by atoms with van der Waals surface area (Å²) in [5.74, 6) is -0.0321. The fourth-order valence-corrected chi connectivity index (χ4v) is 0.872. The largest absolute Gasteiger partial charge is 0.382 e. The average molecular weight is 204 g/mol. The molecule has 0 rings (SSSR count). The Kier molecular flexibility index (Phi) is 8.51. The maximum absolute atomic E-state index is 11.1. The molecule has 0 fully saturated rings. The van der Waals surface area contributed by atoms with E-state index in [9.17, 15) is 4.79 Å². The van der Waals surface area contributed by atoms with E-state index < -0.39 is 0 Å². The summed E-state index contributed by atoms with van der Waals surface area (Å²) in [6.07, 6.45) is 0.359. The van der Waals surface area contributed by atoms with Gasteiger partial charge in [-0.05, 0) is 6.92 Å². The normalized spacial score (nSPS) is 12.5. The lowest BCUT2D eigenvalue weighted by Crippen LogP contribution is -2.32. The minimum atomic E-state index is -0.0931. The van der Waals surface area contributed by atoms with Gasteiger partial charge in [-0.3, -0.25) is 4.79 Å². The van der Waals surface area contributed by atoms with Crippen molar-refractivity contribution in [2.24, 2.45) is 5.73 Å². The van der Waals surface area contributed by atoms with Crippen LogP contribution >= 0.6 is 0 Å². The Hall–Kier alpha value is -0.650. The minimum Gasteiger partial charge on any atom is -0.382 e. The standard InChI is InChI=1S/C9H20N2O3/c1-8(10)7-9(12)11-3-4-14-6-5-13-2/h8H,3-7,10H2,1-2H3,(H,11,12). The second kappa shape index (κ2) is 8.93. The first-order valence-electron chi connectivity index (χ1n) is 4.75. The van der Waals surface area contributed by atoms with Gasteiger partial charge in [0.15, 0.2) is 0 Å². The first-order chi connectivity index (χ1) is 6.66. The molecule has 3 N–H and O–H groups in total. The first kappa shape index (κ1) is 13.4. The molecule has 0 spiro atoms. The van der Waals surface area contributed by atoms with Crippen molar-refractivity contribution in [3.05, 3.63) is 0 Å². The Labute approximate surface area is 84.9 Å². The zero-order chi connectivity index (χ0) is 10.8. The second-order valence-corrected chi connectivity index (χ2v) is 3.14. The number of amides is 1. The Morgan fingerprint density at radius 1 is 1.43 bits per heavy atom. The number of rotatable bonds is 8. The predicted molar refractivity (Wildman–Crippen MR) is 54.0 cm³/mol. The molecule has 1 atom stereocenters. The van der Waals surface area contributed by atoms with E-state index in [4.69, 9.17) is 15.2 Å². The summed E-state index contributed by atoms with van der Waals surface area (Å²) < 4.78 is 9.95. The Balaban J connectivity index is 3.15. The van der Waals surface area contributed by atoms with Gasteiger partial charge in [0.1, 0.15) is 0 Å². The highest BCUT2D eigenvalue weighted by molar-refractivity contribution is 5.76. The summed E-state index contributed by atoms with van der Waals surface area (Å²) in [5.41, 5.74) is 5.45. The van der Waals surface area contributed by atoms with Crippen LogP contribution < -0.4 is 11.1 Å². The van der Waals surface area contributed by atoms with Crippen LogP contribution in [-0.2, 0) is 14.3 Å². The molecule has 0 aliphatic heterocycles. The van der Waals surface area contributed by atoms with Crippen LogP contribution in [0.1, 0.15) is 13.3 Å². The monoisotopic (exact) mass is 204 g/mol. The Morgan fingerprint density at radius 2 is 2.14 bits per heavy atom. The van der Waals surface area contributed by atoms with E-state index in [1.807, 2.05) is 0 Å². The summed E-state index contributed by atoms with van der Waals surface area (Å²) in [6, 6.07) is -0.0931. The van der Waals surface area contributed by atoms with Crippen LogP contribution in [0.2, 0.25) is 0 Å². The van der Waals surface area contributed by atoms with Gasteiger partial charge in [-0.25, -0.2) is 0 Å². The molecule has 0 radical (unpaired) electrons. The van der Waals surface area contributed by atoms with Gasteiger partial charge in [-0.1, -0.05) is 0 Å². The summed E-state index contributed by atoms with van der Waals surface area (Å²) in [7, 11) is 1.62. The van der Waals surface area contributed by atoms with E-state index in [0.717, 1.165) is 0 Å². The average Bonchev–Trinajstić information content (AvgIpc) is 2.10. The SMILES string of the molecule is COCCOCCNC(=O)CC(C)N. The first-order valence-corrected chi connectivity index (χ1v) is 4.75. The van der Waals surface area contributed by atoms with Crippen LogP contribution in [-0.4, -0.2) is 45.4 Å². The van der Waals surface area contributed by atoms with Crippen molar-refractivity contribution in [2.75, 3.05) is 33.5 Å². The lowest BCUT2D eigenvalue weighted by Gasteiger charge is -2.07. The molecule has 0 bridgehead atoms. The number of hydrogen-bond acceptors (Lipinski definition) is 4. The highest BCUT2D eigenvalue weighted by Gasteiger charge is 2.03. The maximum Gasteiger partial charge on any atom is 0.221 e. The van der Waals surface area contributed by atoms with Gasteiger partial charge >= 0.3 is 0 Å². The van der Waals surface area contributed by atoms with E-state index in [-0.39, 0.29) is 11.9 Å². The van der Waals surface area contributed by atoms with E-state index in [2.05, 4.69) is 5.32 Å². The van der Waals surface area contributed by atoms with Gasteiger partial charge in [-0.15, -0.1) is 0 Å². The molecule has 5 heteroatoms. The van der Waals surface area contributed by atoms with E-state index >= 15 is 0 Å². The van der Waals surface area contributed by atoms with Crippen LogP contribution in [0.4, 0.5) is 0 Å². The lowest BCUT2D eigenvalue weighted by molar-refractivity contribution is -0.121. The quantitative estimate of drug-likeness (QED) is 0.523. The van der Waals surface area contributed by atoms with Gasteiger partial charge in [0, 0.05) is 26.1 Å². The third-order valence-corrected chi connectivity index (χ3v) is 1.51. The van der Waals surface area contributed by atoms with Crippen LogP contribution in [0.5, 0.6) is 0 Å². The molecular weight excluding hydrogens is 184 g/mol. The summed E-state index contributed by atoms with van der Waals surface area (Å²) in [5, 5.41) is 2.71. The van der Waals surface area contributed by atoms with Gasteiger partial charge in [0.25, 0.3) is 0 Å². The number of nitrogens with two attached hydrogens (primary N) is 1. The van der Waals surface area contributed by atoms with Crippen molar-refractivity contribution in [2.45, 2.75) is 19.4 Å². The number of carbonyl (C=O) groups is 1. The van der Waals surface area contributed by atoms with Crippen LogP contribution in [0.15, 0.2) is 0 Å². The summed E-state index contributed by atoms with van der Waals surface area (Å²) >= 11 is 0. The van der Waals surface area contributed by atoms with Gasteiger partial charge in [-0.2, -0.15) is 0 Å². The van der Waals surface area contributed by atoms with Crippen LogP contribution in [0.3, 0.4) is 0 Å². The summed E-state index contributed by atoms with van der Waals surface area (Å²) in [6.45, 7) is 3.96. The third-order valence-electron chi connectivity index (χ3n) is 1.51. The van der Waals surface area contributed by atoms with Gasteiger partial charge in [0.2, 0.25) is 5.91 Å². The number of ether oxygens (including phenoxy) is 2. The van der Waals surface area contributed by atoms with E-state index in [0.29, 0.717) is 32.8 Å². The van der Waals surface area contributed by atoms with Crippen molar-refractivity contribution in [3.63, 3.8) is 0 Å². The third kappa shape index (κ3) is 9.44. The van der Waals surface area contributed by atoms with Crippen LogP contribution in [0, 0.1) is 0 Å². The molecule has 0 saturated heterocycles. The molecule has 1 unspecified atom stereocenters. The number of hydrogen-bond donors (Lipinski definition) is 2. The zero-order valence-corrected chi connectivity index (χ0v) is 8.91. The molecule has 0 aliphatic rings. The number of carbonyl (C=O) groups excluding carboxylic acids is 1. The van der Waals surface area contributed by atoms with Crippen molar-refractivity contribution in [1.29, 1.82) is 0 Å². The van der Waals surface area contributed by atoms with Crippen molar-refractivity contribution >= 4 is 5.91 Å². The summed E-state index contributed by atoms with van der Waals surface area (Å²) in [4.78, 5) is 11.1. The molecule has 0 heterocycles. The number of methoxy groups -OCH3 is 1. The fourth-order valence-electron chi connectivity index (χ4n) is 0.872. The second-order valence-electron chi connectivity index (χ2n) is 3.14. The van der Waals surface area contributed by atoms with Crippen molar-refractivity contribution < 1.29 is 14.3 Å². The zero-order valence-electron chi connectivity index (χ0n) is 8.91. The highest BCUT2D eigenvalue weighted by atomic mass is 16.5. The van der Waals surface area contributed by atoms with Crippen molar-refractivity contribution in [3.8, 4) is 0 Å². The van der Waals surface area contributed by atoms with Crippen molar-refractivity contribution in [1.82, 2.24) is 5.32 Å². The molecule has 0 aromatic rings. The molecular formula is C9H20N2O3. The van der Waals surface area contributed by atoms with Crippen LogP contribution in [0.25, 0.3) is 0 Å². The number of nitrogens with one attached hydrogen (secondary N) is 1. The van der Waals surface area contributed by atoms with E-state index in [1.165, 1.54) is 0 Å². The molecule has 0 aromatic heterocycles. The lowest BCUT2D eigenvalue weighted by atomic mass is 10.2. The maximum atomic E-state index is 11.1. The Morgan fingerprint density at radius 3 is 2.71 bits per heavy atom. The topological polar surface area (TPSA) is 73.6 Å². The molecule has 0 saturated carbocycles. The van der Waals surface area contributed by atoms with E-state index in [1.54, 1.807) is 14.0 Å². The smallest absolute Gasteiger partial charge is 0.221 e. The fraction of sp³-hybridized carbons (Fsp3) is 0.889. The minimum absolute atomic E-state index is 0.0321. The molecule has 14 heavy (non-hydrogen) atoms. The molecule has 1 amide bonds. The molecule has 0 aliphatic carbocycles. The predicted octanol–water partition coefficient (Wildman–Crippen LogP) is -0.497. The molecule has 5 nitrogen and oxygen atoms in total.